The number of amides is 1. The Morgan fingerprint density at radius 1 is 1.38 bits per heavy atom. The van der Waals surface area contributed by atoms with Gasteiger partial charge in [0.25, 0.3) is 5.91 Å². The largest absolute Gasteiger partial charge is 0.478 e. The van der Waals surface area contributed by atoms with Crippen molar-refractivity contribution in [2.24, 2.45) is 0 Å². The maximum atomic E-state index is 11.9. The van der Waals surface area contributed by atoms with Crippen molar-refractivity contribution >= 4 is 18.0 Å². The molecule has 0 unspecified atom stereocenters. The standard InChI is InChI=1S/C13H13N5O3/c19-12(20)2-1-9-5-10(7-14-6-9)13(21)15-4-3-11-16-8-17-18-11/h1-2,5-8H,3-4H2,(H,15,21)(H,19,20)(H,16,17,18). The number of hydrogen-bond donors (Lipinski definition) is 3. The second-order valence-electron chi connectivity index (χ2n) is 4.12. The van der Waals surface area contributed by atoms with Crippen LogP contribution in [0, 0.1) is 0 Å². The number of aromatic nitrogens is 4. The fourth-order valence-corrected chi connectivity index (χ4v) is 1.59. The number of carboxylic acid groups (broad SMARTS) is 1. The molecule has 21 heavy (non-hydrogen) atoms. The molecule has 0 spiro atoms. The number of aromatic amines is 1. The summed E-state index contributed by atoms with van der Waals surface area (Å²) in [7, 11) is 0. The molecule has 2 heterocycles. The quantitative estimate of drug-likeness (QED) is 0.656. The van der Waals surface area contributed by atoms with E-state index in [1.807, 2.05) is 0 Å². The minimum absolute atomic E-state index is 0.285. The van der Waals surface area contributed by atoms with Crippen LogP contribution in [0.15, 0.2) is 30.9 Å². The maximum Gasteiger partial charge on any atom is 0.328 e. The molecule has 0 aliphatic rings. The first-order chi connectivity index (χ1) is 10.1. The van der Waals surface area contributed by atoms with Crippen LogP contribution in [0.25, 0.3) is 6.08 Å². The van der Waals surface area contributed by atoms with Crippen molar-refractivity contribution in [3.05, 3.63) is 47.8 Å². The SMILES string of the molecule is O=C(O)C=Cc1cncc(C(=O)NCCc2ncn[nH]2)c1. The predicted octanol–water partition coefficient (Wildman–Crippen LogP) is 0.270. The number of rotatable bonds is 6. The van der Waals surface area contributed by atoms with Crippen molar-refractivity contribution in [3.63, 3.8) is 0 Å². The van der Waals surface area contributed by atoms with Crippen LogP contribution in [0.3, 0.4) is 0 Å². The fourth-order valence-electron chi connectivity index (χ4n) is 1.59. The number of H-pyrrole nitrogens is 1. The summed E-state index contributed by atoms with van der Waals surface area (Å²) < 4.78 is 0. The average molecular weight is 287 g/mol. The summed E-state index contributed by atoms with van der Waals surface area (Å²) in [5, 5.41) is 17.7. The molecule has 0 aromatic carbocycles. The number of nitrogens with zero attached hydrogens (tertiary/aromatic N) is 3. The number of carbonyl (C=O) groups is 2. The molecule has 1 amide bonds. The van der Waals surface area contributed by atoms with Gasteiger partial charge < -0.3 is 10.4 Å². The number of carbonyl (C=O) groups excluding carboxylic acids is 1. The van der Waals surface area contributed by atoms with Crippen molar-refractivity contribution < 1.29 is 14.7 Å². The van der Waals surface area contributed by atoms with E-state index in [1.165, 1.54) is 24.8 Å². The molecule has 8 nitrogen and oxygen atoms in total. The van der Waals surface area contributed by atoms with Crippen LogP contribution in [-0.4, -0.2) is 43.7 Å². The van der Waals surface area contributed by atoms with Crippen LogP contribution >= 0.6 is 0 Å². The minimum Gasteiger partial charge on any atom is -0.478 e. The third kappa shape index (κ3) is 4.53. The zero-order valence-electron chi connectivity index (χ0n) is 11.0. The van der Waals surface area contributed by atoms with E-state index in [9.17, 15) is 9.59 Å². The lowest BCUT2D eigenvalue weighted by Gasteiger charge is -2.04. The van der Waals surface area contributed by atoms with Gasteiger partial charge in [0, 0.05) is 31.4 Å². The molecule has 2 aromatic rings. The summed E-state index contributed by atoms with van der Waals surface area (Å²) in [6, 6.07) is 1.57. The maximum absolute atomic E-state index is 11.9. The molecule has 8 heteroatoms. The van der Waals surface area contributed by atoms with E-state index in [0.717, 1.165) is 6.08 Å². The Bertz CT molecular complexity index is 652. The van der Waals surface area contributed by atoms with E-state index in [-0.39, 0.29) is 5.91 Å². The van der Waals surface area contributed by atoms with Gasteiger partial charge in [-0.3, -0.25) is 14.9 Å². The molecule has 0 bridgehead atoms. The normalized spacial score (nSPS) is 10.7. The van der Waals surface area contributed by atoms with Gasteiger partial charge in [0.1, 0.15) is 12.2 Å². The summed E-state index contributed by atoms with van der Waals surface area (Å²) in [4.78, 5) is 30.2. The lowest BCUT2D eigenvalue weighted by Crippen LogP contribution is -2.26. The van der Waals surface area contributed by atoms with Gasteiger partial charge in [-0.05, 0) is 17.7 Å². The highest BCUT2D eigenvalue weighted by atomic mass is 16.4. The Morgan fingerprint density at radius 3 is 2.95 bits per heavy atom. The molecule has 2 aromatic heterocycles. The molecule has 2 rings (SSSR count). The zero-order chi connectivity index (χ0) is 15.1. The topological polar surface area (TPSA) is 121 Å². The van der Waals surface area contributed by atoms with E-state index in [4.69, 9.17) is 5.11 Å². The highest BCUT2D eigenvalue weighted by Crippen LogP contribution is 2.05. The van der Waals surface area contributed by atoms with Crippen molar-refractivity contribution in [3.8, 4) is 0 Å². The van der Waals surface area contributed by atoms with Gasteiger partial charge in [0.05, 0.1) is 5.56 Å². The monoisotopic (exact) mass is 287 g/mol. The van der Waals surface area contributed by atoms with Gasteiger partial charge in [0.2, 0.25) is 0 Å². The van der Waals surface area contributed by atoms with Crippen molar-refractivity contribution in [1.82, 2.24) is 25.5 Å². The third-order valence-electron chi connectivity index (χ3n) is 2.55. The van der Waals surface area contributed by atoms with Gasteiger partial charge in [-0.25, -0.2) is 9.78 Å². The van der Waals surface area contributed by atoms with E-state index in [0.29, 0.717) is 29.9 Å². The lowest BCUT2D eigenvalue weighted by molar-refractivity contribution is -0.131. The average Bonchev–Trinajstić information content (AvgIpc) is 2.98. The molecule has 108 valence electrons. The van der Waals surface area contributed by atoms with E-state index in [1.54, 1.807) is 6.07 Å². The zero-order valence-corrected chi connectivity index (χ0v) is 11.0. The number of nitrogens with one attached hydrogen (secondary N) is 2. The lowest BCUT2D eigenvalue weighted by atomic mass is 10.2. The van der Waals surface area contributed by atoms with Crippen molar-refractivity contribution in [2.45, 2.75) is 6.42 Å². The van der Waals surface area contributed by atoms with E-state index in [2.05, 4.69) is 25.5 Å². The molecule has 0 aliphatic carbocycles. The Kier molecular flexibility index (Phi) is 4.75. The molecule has 3 N–H and O–H groups in total. The molecule has 0 atom stereocenters. The van der Waals surface area contributed by atoms with E-state index >= 15 is 0 Å². The first-order valence-corrected chi connectivity index (χ1v) is 6.13. The first-order valence-electron chi connectivity index (χ1n) is 6.13. The van der Waals surface area contributed by atoms with Gasteiger partial charge in [-0.2, -0.15) is 5.10 Å². The summed E-state index contributed by atoms with van der Waals surface area (Å²) in [6.45, 7) is 0.406. The van der Waals surface area contributed by atoms with Crippen LogP contribution in [0.5, 0.6) is 0 Å². The molecule has 0 aliphatic heterocycles. The minimum atomic E-state index is -1.06. The van der Waals surface area contributed by atoms with Crippen LogP contribution in [0.4, 0.5) is 0 Å². The van der Waals surface area contributed by atoms with Crippen LogP contribution in [0.1, 0.15) is 21.7 Å². The summed E-state index contributed by atoms with van der Waals surface area (Å²) in [6.07, 6.45) is 7.20. The van der Waals surface area contributed by atoms with Gasteiger partial charge in [-0.1, -0.05) is 0 Å². The predicted molar refractivity (Wildman–Crippen MR) is 73.3 cm³/mol. The van der Waals surface area contributed by atoms with Gasteiger partial charge >= 0.3 is 5.97 Å². The summed E-state index contributed by atoms with van der Waals surface area (Å²) in [5.41, 5.74) is 0.903. The molecule has 0 saturated carbocycles. The Labute approximate surface area is 119 Å². The summed E-state index contributed by atoms with van der Waals surface area (Å²) in [5.74, 6) is -0.656. The smallest absolute Gasteiger partial charge is 0.328 e. The third-order valence-corrected chi connectivity index (χ3v) is 2.55. The Balaban J connectivity index is 1.92. The molecular formula is C13H13N5O3. The van der Waals surface area contributed by atoms with Gasteiger partial charge in [-0.15, -0.1) is 0 Å². The first kappa shape index (κ1) is 14.4. The van der Waals surface area contributed by atoms with Crippen molar-refractivity contribution in [2.75, 3.05) is 6.54 Å². The Morgan fingerprint density at radius 2 is 2.24 bits per heavy atom. The fraction of sp³-hybridized carbons (Fsp3) is 0.154. The van der Waals surface area contributed by atoms with Crippen LogP contribution in [0.2, 0.25) is 0 Å². The second kappa shape index (κ2) is 6.94. The second-order valence-corrected chi connectivity index (χ2v) is 4.12. The van der Waals surface area contributed by atoms with Crippen molar-refractivity contribution in [1.29, 1.82) is 0 Å². The molecule has 0 radical (unpaired) electrons. The number of aliphatic carboxylic acids is 1. The Hall–Kier alpha value is -3.03. The molecule has 0 saturated heterocycles. The molecular weight excluding hydrogens is 274 g/mol. The molecule has 0 fully saturated rings. The number of hydrogen-bond acceptors (Lipinski definition) is 5. The number of pyridine rings is 1. The summed E-state index contributed by atoms with van der Waals surface area (Å²) >= 11 is 0. The van der Waals surface area contributed by atoms with E-state index < -0.39 is 5.97 Å². The van der Waals surface area contributed by atoms with Crippen LogP contribution in [-0.2, 0) is 11.2 Å². The highest BCUT2D eigenvalue weighted by molar-refractivity contribution is 5.94. The van der Waals surface area contributed by atoms with Crippen LogP contribution < -0.4 is 5.32 Å². The number of carboxylic acids is 1. The van der Waals surface area contributed by atoms with Gasteiger partial charge in [0.15, 0.2) is 0 Å². The highest BCUT2D eigenvalue weighted by Gasteiger charge is 2.06.